The Balaban J connectivity index is 1.49. The van der Waals surface area contributed by atoms with Gasteiger partial charge >= 0.3 is 5.97 Å². The van der Waals surface area contributed by atoms with Crippen LogP contribution in [0.15, 0.2) is 51.4 Å². The molecule has 2 aromatic carbocycles. The number of carbonyl (C=O) groups is 1. The van der Waals surface area contributed by atoms with Crippen LogP contribution in [0.25, 0.3) is 11.0 Å². The first kappa shape index (κ1) is 21.2. The maximum atomic E-state index is 12.8. The van der Waals surface area contributed by atoms with Crippen LogP contribution in [-0.2, 0) is 15.8 Å². The zero-order valence-electron chi connectivity index (χ0n) is 15.7. The monoisotopic (exact) mass is 512 g/mol. The van der Waals surface area contributed by atoms with Crippen molar-refractivity contribution in [3.63, 3.8) is 0 Å². The molecule has 0 aliphatic carbocycles. The molecule has 7 nitrogen and oxygen atoms in total. The number of hydrogen-bond acceptors (Lipinski definition) is 5. The first-order chi connectivity index (χ1) is 14.2. The zero-order chi connectivity index (χ0) is 21.5. The summed E-state index contributed by atoms with van der Waals surface area (Å²) < 4.78 is 33.2. The molecule has 0 bridgehead atoms. The molecular formula is C20H18BrClN2O5S. The molecule has 158 valence electrons. The molecule has 3 aromatic rings. The maximum Gasteiger partial charge on any atom is 0.371 e. The molecule has 10 heteroatoms. The van der Waals surface area contributed by atoms with E-state index in [9.17, 15) is 13.2 Å². The highest BCUT2D eigenvalue weighted by atomic mass is 79.9. The number of furan rings is 1. The van der Waals surface area contributed by atoms with E-state index in [2.05, 4.69) is 20.8 Å². The molecule has 0 amide bonds. The molecule has 30 heavy (non-hydrogen) atoms. The van der Waals surface area contributed by atoms with Crippen LogP contribution in [0.2, 0.25) is 5.02 Å². The summed E-state index contributed by atoms with van der Waals surface area (Å²) in [6.07, 6.45) is 0. The lowest BCUT2D eigenvalue weighted by atomic mass is 10.2. The highest BCUT2D eigenvalue weighted by molar-refractivity contribution is 9.10. The maximum absolute atomic E-state index is 12.8. The van der Waals surface area contributed by atoms with Crippen LogP contribution >= 0.6 is 27.5 Å². The zero-order valence-corrected chi connectivity index (χ0v) is 18.9. The number of sulfonamides is 1. The molecule has 2 heterocycles. The van der Waals surface area contributed by atoms with E-state index in [4.69, 9.17) is 21.1 Å². The van der Waals surface area contributed by atoms with Gasteiger partial charge in [0.25, 0.3) is 0 Å². The number of piperazine rings is 1. The average molecular weight is 514 g/mol. The van der Waals surface area contributed by atoms with Crippen molar-refractivity contribution in [2.24, 2.45) is 0 Å². The van der Waals surface area contributed by atoms with Crippen molar-refractivity contribution in [2.45, 2.75) is 5.75 Å². The molecule has 0 unspecified atom stereocenters. The first-order valence-electron chi connectivity index (χ1n) is 9.17. The van der Waals surface area contributed by atoms with E-state index in [-0.39, 0.29) is 11.5 Å². The summed E-state index contributed by atoms with van der Waals surface area (Å²) in [7, 11) is -3.45. The van der Waals surface area contributed by atoms with Crippen molar-refractivity contribution in [2.75, 3.05) is 31.1 Å². The summed E-state index contributed by atoms with van der Waals surface area (Å²) in [4.78, 5) is 13.2. The molecule has 0 radical (unpaired) electrons. The minimum absolute atomic E-state index is 0.0871. The fraction of sp³-hybridized carbons (Fsp3) is 0.250. The quantitative estimate of drug-likeness (QED) is 0.550. The molecule has 0 atom stereocenters. The van der Waals surface area contributed by atoms with Crippen LogP contribution < -0.4 is 4.90 Å². The summed E-state index contributed by atoms with van der Waals surface area (Å²) in [6.45, 7) is 1.75. The molecule has 1 aliphatic heterocycles. The summed E-state index contributed by atoms with van der Waals surface area (Å²) >= 11 is 9.51. The van der Waals surface area contributed by atoms with E-state index in [0.29, 0.717) is 47.7 Å². The molecule has 1 aliphatic rings. The van der Waals surface area contributed by atoms with E-state index in [1.54, 1.807) is 30.3 Å². The van der Waals surface area contributed by atoms with Crippen LogP contribution in [0.5, 0.6) is 0 Å². The fourth-order valence-electron chi connectivity index (χ4n) is 3.55. The van der Waals surface area contributed by atoms with Gasteiger partial charge in [-0.1, -0.05) is 23.7 Å². The number of rotatable bonds is 5. The molecule has 1 N–H and O–H groups in total. The minimum Gasteiger partial charge on any atom is -0.475 e. The summed E-state index contributed by atoms with van der Waals surface area (Å²) in [6, 6.07) is 11.9. The Bertz CT molecular complexity index is 1220. The smallest absolute Gasteiger partial charge is 0.371 e. The third-order valence-electron chi connectivity index (χ3n) is 5.04. The van der Waals surface area contributed by atoms with Crippen molar-refractivity contribution in [1.29, 1.82) is 0 Å². The lowest BCUT2D eigenvalue weighted by Crippen LogP contribution is -2.49. The summed E-state index contributed by atoms with van der Waals surface area (Å²) in [5.74, 6) is -1.34. The normalized spacial score (nSPS) is 15.6. The standard InChI is InChI=1S/C20H18BrClN2O5S/c21-19-15-11-18(20(25)26)29-17(15)5-4-16(19)23-6-8-24(9-7-23)30(27,28)12-13-2-1-3-14(22)10-13/h1-5,10-11H,6-9,12H2,(H,25,26). The molecule has 0 spiro atoms. The number of fused-ring (bicyclic) bond motifs is 1. The van der Waals surface area contributed by atoms with E-state index in [1.807, 2.05) is 6.07 Å². The number of aromatic carboxylic acids is 1. The predicted octanol–water partition coefficient (Wildman–Crippen LogP) is 4.20. The van der Waals surface area contributed by atoms with Crippen molar-refractivity contribution >= 4 is 60.2 Å². The lowest BCUT2D eigenvalue weighted by molar-refractivity contribution is 0.0665. The van der Waals surface area contributed by atoms with Gasteiger partial charge in [0.2, 0.25) is 15.8 Å². The number of halogens is 2. The first-order valence-corrected chi connectivity index (χ1v) is 12.0. The molecule has 1 saturated heterocycles. The van der Waals surface area contributed by atoms with E-state index >= 15 is 0 Å². The van der Waals surface area contributed by atoms with Crippen molar-refractivity contribution in [3.8, 4) is 0 Å². The Morgan fingerprint density at radius 3 is 2.53 bits per heavy atom. The second kappa shape index (κ2) is 8.22. The van der Waals surface area contributed by atoms with E-state index < -0.39 is 16.0 Å². The van der Waals surface area contributed by atoms with Gasteiger partial charge in [-0.3, -0.25) is 0 Å². The van der Waals surface area contributed by atoms with Crippen LogP contribution in [-0.4, -0.2) is 50.0 Å². The topological polar surface area (TPSA) is 91.1 Å². The Kier molecular flexibility index (Phi) is 5.80. The van der Waals surface area contributed by atoms with Gasteiger partial charge < -0.3 is 14.4 Å². The van der Waals surface area contributed by atoms with Gasteiger partial charge in [-0.15, -0.1) is 0 Å². The highest BCUT2D eigenvalue weighted by Gasteiger charge is 2.28. The van der Waals surface area contributed by atoms with Gasteiger partial charge in [-0.25, -0.2) is 13.2 Å². The molecule has 1 aromatic heterocycles. The van der Waals surface area contributed by atoms with Gasteiger partial charge in [0.05, 0.1) is 15.9 Å². The number of anilines is 1. The second-order valence-electron chi connectivity index (χ2n) is 7.00. The van der Waals surface area contributed by atoms with Crippen LogP contribution in [0.1, 0.15) is 16.1 Å². The number of nitrogens with zero attached hydrogens (tertiary/aromatic N) is 2. The van der Waals surface area contributed by atoms with Crippen molar-refractivity contribution in [3.05, 3.63) is 63.3 Å². The molecule has 4 rings (SSSR count). The number of benzene rings is 2. The molecule has 1 fully saturated rings. The van der Waals surface area contributed by atoms with Crippen LogP contribution in [0, 0.1) is 0 Å². The second-order valence-corrected chi connectivity index (χ2v) is 10.2. The number of carboxylic acids is 1. The Hall–Kier alpha value is -2.07. The summed E-state index contributed by atoms with van der Waals surface area (Å²) in [5, 5.41) is 10.3. The largest absolute Gasteiger partial charge is 0.475 e. The third kappa shape index (κ3) is 4.20. The number of carboxylic acid groups (broad SMARTS) is 1. The van der Waals surface area contributed by atoms with Crippen molar-refractivity contribution in [1.82, 2.24) is 4.31 Å². The van der Waals surface area contributed by atoms with Crippen LogP contribution in [0.3, 0.4) is 0 Å². The third-order valence-corrected chi connectivity index (χ3v) is 7.95. The summed E-state index contributed by atoms with van der Waals surface area (Å²) in [5.41, 5.74) is 2.00. The molecule has 0 saturated carbocycles. The van der Waals surface area contributed by atoms with Gasteiger partial charge in [0, 0.05) is 42.7 Å². The van der Waals surface area contributed by atoms with Gasteiger partial charge in [0.15, 0.2) is 0 Å². The Morgan fingerprint density at radius 2 is 1.87 bits per heavy atom. The number of hydrogen-bond donors (Lipinski definition) is 1. The Labute approximate surface area is 187 Å². The van der Waals surface area contributed by atoms with Crippen LogP contribution in [0.4, 0.5) is 5.69 Å². The SMILES string of the molecule is O=C(O)c1cc2c(Br)c(N3CCN(S(=O)(=O)Cc4cccc(Cl)c4)CC3)ccc2o1. The highest BCUT2D eigenvalue weighted by Crippen LogP contribution is 2.36. The fourth-order valence-corrected chi connectivity index (χ4v) is 5.96. The molecular weight excluding hydrogens is 496 g/mol. The lowest BCUT2D eigenvalue weighted by Gasteiger charge is -2.36. The van der Waals surface area contributed by atoms with Gasteiger partial charge in [-0.2, -0.15) is 4.31 Å². The average Bonchev–Trinajstić information content (AvgIpc) is 3.14. The van der Waals surface area contributed by atoms with E-state index in [1.165, 1.54) is 10.4 Å². The van der Waals surface area contributed by atoms with Gasteiger partial charge in [-0.05, 0) is 45.8 Å². The minimum atomic E-state index is -3.45. The predicted molar refractivity (Wildman–Crippen MR) is 119 cm³/mol. The van der Waals surface area contributed by atoms with Gasteiger partial charge in [0.1, 0.15) is 5.58 Å². The van der Waals surface area contributed by atoms with E-state index in [0.717, 1.165) is 10.2 Å². The Morgan fingerprint density at radius 1 is 1.13 bits per heavy atom. The van der Waals surface area contributed by atoms with Crippen molar-refractivity contribution < 1.29 is 22.7 Å².